The molecule has 22 heavy (non-hydrogen) atoms. The van der Waals surface area contributed by atoms with Gasteiger partial charge in [-0.1, -0.05) is 6.92 Å². The number of aryl methyl sites for hydroxylation is 1. The molecule has 2 N–H and O–H groups in total. The molecule has 6 heteroatoms. The highest BCUT2D eigenvalue weighted by Gasteiger charge is 2.25. The van der Waals surface area contributed by atoms with Gasteiger partial charge in [0.1, 0.15) is 0 Å². The number of carbonyl (C=O) groups is 1. The average Bonchev–Trinajstić information content (AvgIpc) is 3.09. The highest BCUT2D eigenvalue weighted by atomic mass is 32.1. The molecule has 2 aromatic heterocycles. The first-order valence-electron chi connectivity index (χ1n) is 7.68. The Morgan fingerprint density at radius 1 is 1.50 bits per heavy atom. The van der Waals surface area contributed by atoms with Gasteiger partial charge in [-0.25, -0.2) is 4.98 Å². The number of thiazole rings is 1. The molecule has 2 atom stereocenters. The lowest BCUT2D eigenvalue weighted by molar-refractivity contribution is 0.0913. The number of aromatic nitrogens is 2. The van der Waals surface area contributed by atoms with Gasteiger partial charge in [-0.05, 0) is 45.3 Å². The summed E-state index contributed by atoms with van der Waals surface area (Å²) in [6.07, 6.45) is 2.77. The van der Waals surface area contributed by atoms with Gasteiger partial charge >= 0.3 is 0 Å². The van der Waals surface area contributed by atoms with Crippen LogP contribution in [0.5, 0.6) is 0 Å². The van der Waals surface area contributed by atoms with Crippen LogP contribution in [-0.2, 0) is 0 Å². The van der Waals surface area contributed by atoms with Crippen LogP contribution in [0, 0.1) is 19.8 Å². The molecule has 1 amide bonds. The minimum Gasteiger partial charge on any atom is -0.349 e. The molecule has 0 radical (unpaired) electrons. The van der Waals surface area contributed by atoms with E-state index in [-0.39, 0.29) is 11.9 Å². The van der Waals surface area contributed by atoms with Crippen LogP contribution in [0.15, 0.2) is 17.6 Å². The molecule has 2 unspecified atom stereocenters. The Labute approximate surface area is 134 Å². The van der Waals surface area contributed by atoms with Gasteiger partial charge in [-0.2, -0.15) is 0 Å². The van der Waals surface area contributed by atoms with Crippen molar-refractivity contribution in [1.82, 2.24) is 20.2 Å². The minimum absolute atomic E-state index is 0.0228. The second-order valence-electron chi connectivity index (χ2n) is 5.98. The van der Waals surface area contributed by atoms with Crippen LogP contribution in [0.25, 0.3) is 5.13 Å². The summed E-state index contributed by atoms with van der Waals surface area (Å²) in [5, 5.41) is 9.42. The zero-order valence-electron chi connectivity index (χ0n) is 13.2. The van der Waals surface area contributed by atoms with Crippen LogP contribution >= 0.6 is 11.3 Å². The summed E-state index contributed by atoms with van der Waals surface area (Å²) >= 11 is 1.58. The molecular weight excluding hydrogens is 296 g/mol. The lowest BCUT2D eigenvalue weighted by Crippen LogP contribution is -2.48. The van der Waals surface area contributed by atoms with Gasteiger partial charge in [0.2, 0.25) is 0 Å². The van der Waals surface area contributed by atoms with Crippen molar-refractivity contribution >= 4 is 17.2 Å². The van der Waals surface area contributed by atoms with Gasteiger partial charge in [-0.3, -0.25) is 9.36 Å². The maximum absolute atomic E-state index is 12.7. The van der Waals surface area contributed by atoms with Crippen molar-refractivity contribution < 1.29 is 4.79 Å². The Morgan fingerprint density at radius 3 is 3.00 bits per heavy atom. The molecule has 0 aliphatic carbocycles. The number of nitrogens with one attached hydrogen (secondary N) is 2. The number of rotatable bonds is 3. The third-order valence-corrected chi connectivity index (χ3v) is 5.14. The van der Waals surface area contributed by atoms with E-state index in [4.69, 9.17) is 0 Å². The smallest absolute Gasteiger partial charge is 0.253 e. The SMILES string of the molecule is Cc1cc(C(=O)NC2CCNCC2C)c(C)n1-c1nccs1. The molecule has 1 aliphatic rings. The summed E-state index contributed by atoms with van der Waals surface area (Å²) < 4.78 is 2.05. The molecule has 0 saturated carbocycles. The average molecular weight is 318 g/mol. The third-order valence-electron chi connectivity index (χ3n) is 4.39. The van der Waals surface area contributed by atoms with E-state index in [0.717, 1.165) is 41.6 Å². The van der Waals surface area contributed by atoms with E-state index in [1.165, 1.54) is 0 Å². The summed E-state index contributed by atoms with van der Waals surface area (Å²) in [6.45, 7) is 8.10. The molecule has 0 spiro atoms. The second-order valence-corrected chi connectivity index (χ2v) is 6.86. The maximum atomic E-state index is 12.7. The fourth-order valence-corrected chi connectivity index (χ4v) is 3.84. The number of piperidine rings is 1. The summed E-state index contributed by atoms with van der Waals surface area (Å²) in [4.78, 5) is 17.0. The number of hydrogen-bond acceptors (Lipinski definition) is 4. The molecule has 1 saturated heterocycles. The van der Waals surface area contributed by atoms with Gasteiger partial charge in [0.25, 0.3) is 5.91 Å². The quantitative estimate of drug-likeness (QED) is 0.913. The predicted octanol–water partition coefficient (Wildman–Crippen LogP) is 2.28. The number of amides is 1. The first-order chi connectivity index (χ1) is 10.6. The van der Waals surface area contributed by atoms with Gasteiger partial charge in [0.05, 0.1) is 5.56 Å². The lowest BCUT2D eigenvalue weighted by atomic mass is 9.95. The standard InChI is InChI=1S/C16H22N4OS/c1-10-9-17-5-4-14(10)19-15(21)13-8-11(2)20(12(13)3)16-18-6-7-22-16/h6-8,10,14,17H,4-5,9H2,1-3H3,(H,19,21). The van der Waals surface area contributed by atoms with Crippen molar-refractivity contribution in [3.63, 3.8) is 0 Å². The fraction of sp³-hybridized carbons (Fsp3) is 0.500. The van der Waals surface area contributed by atoms with Crippen LogP contribution in [-0.4, -0.2) is 34.6 Å². The van der Waals surface area contributed by atoms with E-state index in [1.807, 2.05) is 29.9 Å². The highest BCUT2D eigenvalue weighted by molar-refractivity contribution is 7.12. The van der Waals surface area contributed by atoms with Crippen LogP contribution in [0.2, 0.25) is 0 Å². The Morgan fingerprint density at radius 2 is 2.32 bits per heavy atom. The largest absolute Gasteiger partial charge is 0.349 e. The van der Waals surface area contributed by atoms with Gasteiger partial charge in [0.15, 0.2) is 5.13 Å². The number of hydrogen-bond donors (Lipinski definition) is 2. The molecule has 0 bridgehead atoms. The van der Waals surface area contributed by atoms with E-state index in [9.17, 15) is 4.79 Å². The number of carbonyl (C=O) groups excluding carboxylic acids is 1. The molecule has 3 heterocycles. The Balaban J connectivity index is 1.83. The lowest BCUT2D eigenvalue weighted by Gasteiger charge is -2.30. The topological polar surface area (TPSA) is 59.0 Å². The fourth-order valence-electron chi connectivity index (χ4n) is 3.09. The van der Waals surface area contributed by atoms with Crippen LogP contribution < -0.4 is 10.6 Å². The van der Waals surface area contributed by atoms with Gasteiger partial charge in [0, 0.05) is 29.0 Å². The molecular formula is C16H22N4OS. The molecule has 3 rings (SSSR count). The van der Waals surface area contributed by atoms with E-state index < -0.39 is 0 Å². The Bertz CT molecular complexity index is 662. The summed E-state index contributed by atoms with van der Waals surface area (Å²) in [5.41, 5.74) is 2.74. The van der Waals surface area contributed by atoms with Gasteiger partial charge in [-0.15, -0.1) is 11.3 Å². The van der Waals surface area contributed by atoms with Crippen molar-refractivity contribution in [3.05, 3.63) is 34.6 Å². The molecule has 1 aliphatic heterocycles. The summed E-state index contributed by atoms with van der Waals surface area (Å²) in [5.74, 6) is 0.481. The third kappa shape index (κ3) is 2.80. The highest BCUT2D eigenvalue weighted by Crippen LogP contribution is 2.22. The van der Waals surface area contributed by atoms with Crippen molar-refractivity contribution in [2.75, 3.05) is 13.1 Å². The maximum Gasteiger partial charge on any atom is 0.253 e. The molecule has 1 fully saturated rings. The van der Waals surface area contributed by atoms with Crippen LogP contribution in [0.3, 0.4) is 0 Å². The van der Waals surface area contributed by atoms with E-state index in [1.54, 1.807) is 17.5 Å². The van der Waals surface area contributed by atoms with E-state index >= 15 is 0 Å². The first kappa shape index (κ1) is 15.2. The minimum atomic E-state index is 0.0228. The van der Waals surface area contributed by atoms with Gasteiger partial charge < -0.3 is 10.6 Å². The molecule has 2 aromatic rings. The zero-order chi connectivity index (χ0) is 15.7. The van der Waals surface area contributed by atoms with Crippen LogP contribution in [0.1, 0.15) is 35.1 Å². The first-order valence-corrected chi connectivity index (χ1v) is 8.56. The van der Waals surface area contributed by atoms with Crippen molar-refractivity contribution in [3.8, 4) is 5.13 Å². The summed E-state index contributed by atoms with van der Waals surface area (Å²) in [7, 11) is 0. The van der Waals surface area contributed by atoms with Crippen LogP contribution in [0.4, 0.5) is 0 Å². The number of nitrogens with zero attached hydrogens (tertiary/aromatic N) is 2. The molecule has 118 valence electrons. The van der Waals surface area contributed by atoms with E-state index in [2.05, 4.69) is 22.5 Å². The second kappa shape index (κ2) is 6.22. The van der Waals surface area contributed by atoms with E-state index in [0.29, 0.717) is 5.92 Å². The predicted molar refractivity (Wildman–Crippen MR) is 88.8 cm³/mol. The van der Waals surface area contributed by atoms with Crippen molar-refractivity contribution in [2.45, 2.75) is 33.2 Å². The Kier molecular flexibility index (Phi) is 4.31. The molecule has 5 nitrogen and oxygen atoms in total. The monoisotopic (exact) mass is 318 g/mol. The summed E-state index contributed by atoms with van der Waals surface area (Å²) in [6, 6.07) is 2.20. The molecule has 0 aromatic carbocycles. The normalized spacial score (nSPS) is 21.8. The zero-order valence-corrected chi connectivity index (χ0v) is 14.0. The Hall–Kier alpha value is -1.66. The van der Waals surface area contributed by atoms with Crippen molar-refractivity contribution in [2.24, 2.45) is 5.92 Å². The van der Waals surface area contributed by atoms with Crippen molar-refractivity contribution in [1.29, 1.82) is 0 Å².